The lowest BCUT2D eigenvalue weighted by molar-refractivity contribution is 0.0279. The highest BCUT2D eigenvalue weighted by Crippen LogP contribution is 2.18. The standard InChI is InChI=1S/C6H13NO/c7-8-6-4-2-1-3-5-6/h6H,1-5,7H2. The number of rotatable bonds is 1. The van der Waals surface area contributed by atoms with Crippen LogP contribution in [0.3, 0.4) is 0 Å². The molecule has 0 atom stereocenters. The highest BCUT2D eigenvalue weighted by Gasteiger charge is 2.11. The summed E-state index contributed by atoms with van der Waals surface area (Å²) >= 11 is 0. The van der Waals surface area contributed by atoms with E-state index in [1.165, 1.54) is 19.3 Å². The Morgan fingerprint density at radius 1 is 1.12 bits per heavy atom. The fourth-order valence-electron chi connectivity index (χ4n) is 1.20. The van der Waals surface area contributed by atoms with Crippen molar-refractivity contribution in [2.75, 3.05) is 0 Å². The molecule has 1 aliphatic carbocycles. The molecule has 0 aromatic carbocycles. The van der Waals surface area contributed by atoms with Crippen molar-refractivity contribution < 1.29 is 4.84 Å². The first-order chi connectivity index (χ1) is 3.93. The first kappa shape index (κ1) is 6.05. The number of hydrogen-bond donors (Lipinski definition) is 1. The number of hydrogen-bond acceptors (Lipinski definition) is 2. The average Bonchev–Trinajstić information content (AvgIpc) is 1.90. The summed E-state index contributed by atoms with van der Waals surface area (Å²) < 4.78 is 0. The zero-order valence-electron chi connectivity index (χ0n) is 5.10. The van der Waals surface area contributed by atoms with Crippen molar-refractivity contribution in [1.29, 1.82) is 0 Å². The topological polar surface area (TPSA) is 35.2 Å². The lowest BCUT2D eigenvalue weighted by Crippen LogP contribution is -2.19. The van der Waals surface area contributed by atoms with Gasteiger partial charge >= 0.3 is 0 Å². The van der Waals surface area contributed by atoms with E-state index in [-0.39, 0.29) is 0 Å². The molecule has 0 saturated heterocycles. The molecule has 0 spiro atoms. The Morgan fingerprint density at radius 3 is 2.12 bits per heavy atom. The molecule has 2 heteroatoms. The van der Waals surface area contributed by atoms with Crippen LogP contribution in [0, 0.1) is 0 Å². The Hall–Kier alpha value is -0.0800. The van der Waals surface area contributed by atoms with Gasteiger partial charge in [-0.1, -0.05) is 19.3 Å². The maximum atomic E-state index is 5.00. The largest absolute Gasteiger partial charge is 0.301 e. The van der Waals surface area contributed by atoms with E-state index < -0.39 is 0 Å². The van der Waals surface area contributed by atoms with Crippen molar-refractivity contribution >= 4 is 0 Å². The summed E-state index contributed by atoms with van der Waals surface area (Å²) in [7, 11) is 0. The first-order valence-corrected chi connectivity index (χ1v) is 3.29. The van der Waals surface area contributed by atoms with Crippen LogP contribution in [0.4, 0.5) is 0 Å². The van der Waals surface area contributed by atoms with Crippen LogP contribution >= 0.6 is 0 Å². The fourth-order valence-corrected chi connectivity index (χ4v) is 1.20. The van der Waals surface area contributed by atoms with Crippen molar-refractivity contribution in [1.82, 2.24) is 0 Å². The van der Waals surface area contributed by atoms with Crippen LogP contribution in [-0.4, -0.2) is 6.10 Å². The van der Waals surface area contributed by atoms with Gasteiger partial charge in [0.05, 0.1) is 6.10 Å². The predicted octanol–water partition coefficient (Wildman–Crippen LogP) is 1.21. The molecule has 0 unspecified atom stereocenters. The highest BCUT2D eigenvalue weighted by atomic mass is 16.6. The summed E-state index contributed by atoms with van der Waals surface area (Å²) in [6.45, 7) is 0. The molecular formula is C6H13NO. The molecule has 2 N–H and O–H groups in total. The molecular weight excluding hydrogens is 102 g/mol. The van der Waals surface area contributed by atoms with Gasteiger partial charge in [0.25, 0.3) is 0 Å². The van der Waals surface area contributed by atoms with Gasteiger partial charge in [0.15, 0.2) is 0 Å². The molecule has 2 nitrogen and oxygen atoms in total. The zero-order valence-corrected chi connectivity index (χ0v) is 5.10. The summed E-state index contributed by atoms with van der Waals surface area (Å²) in [5.74, 6) is 5.00. The minimum Gasteiger partial charge on any atom is -0.301 e. The van der Waals surface area contributed by atoms with Crippen molar-refractivity contribution in [3.8, 4) is 0 Å². The second-order valence-electron chi connectivity index (χ2n) is 2.40. The van der Waals surface area contributed by atoms with E-state index in [0.717, 1.165) is 12.8 Å². The SMILES string of the molecule is NOC1CCCCC1. The lowest BCUT2D eigenvalue weighted by Gasteiger charge is -2.18. The van der Waals surface area contributed by atoms with Gasteiger partial charge in [-0.15, -0.1) is 0 Å². The molecule has 1 fully saturated rings. The molecule has 1 saturated carbocycles. The van der Waals surface area contributed by atoms with Crippen LogP contribution < -0.4 is 5.90 Å². The Balaban J connectivity index is 2.13. The van der Waals surface area contributed by atoms with E-state index in [2.05, 4.69) is 0 Å². The molecule has 48 valence electrons. The van der Waals surface area contributed by atoms with Gasteiger partial charge in [-0.05, 0) is 12.8 Å². The summed E-state index contributed by atoms with van der Waals surface area (Å²) in [6, 6.07) is 0. The van der Waals surface area contributed by atoms with Gasteiger partial charge < -0.3 is 4.84 Å². The lowest BCUT2D eigenvalue weighted by atomic mass is 9.98. The van der Waals surface area contributed by atoms with Gasteiger partial charge in [-0.25, -0.2) is 5.90 Å². The van der Waals surface area contributed by atoms with Crippen LogP contribution in [-0.2, 0) is 4.84 Å². The third kappa shape index (κ3) is 1.46. The van der Waals surface area contributed by atoms with Crippen molar-refractivity contribution in [3.05, 3.63) is 0 Å². The Labute approximate surface area is 50.0 Å². The average molecular weight is 115 g/mol. The minimum atomic E-state index is 0.365. The van der Waals surface area contributed by atoms with E-state index in [4.69, 9.17) is 10.7 Å². The molecule has 1 aliphatic rings. The van der Waals surface area contributed by atoms with E-state index in [1.807, 2.05) is 0 Å². The second-order valence-corrected chi connectivity index (χ2v) is 2.40. The van der Waals surface area contributed by atoms with Crippen LogP contribution in [0.5, 0.6) is 0 Å². The van der Waals surface area contributed by atoms with Crippen molar-refractivity contribution in [3.63, 3.8) is 0 Å². The highest BCUT2D eigenvalue weighted by molar-refractivity contribution is 4.63. The Kier molecular flexibility index (Phi) is 2.30. The maximum absolute atomic E-state index is 5.00. The van der Waals surface area contributed by atoms with Gasteiger partial charge in [-0.2, -0.15) is 0 Å². The molecule has 0 bridgehead atoms. The number of nitrogens with two attached hydrogens (primary N) is 1. The summed E-state index contributed by atoms with van der Waals surface area (Å²) in [6.07, 6.45) is 6.64. The Bertz CT molecular complexity index is 59.5. The van der Waals surface area contributed by atoms with Crippen LogP contribution in [0.2, 0.25) is 0 Å². The van der Waals surface area contributed by atoms with Crippen LogP contribution in [0.1, 0.15) is 32.1 Å². The zero-order chi connectivity index (χ0) is 5.82. The van der Waals surface area contributed by atoms with E-state index in [0.29, 0.717) is 6.10 Å². The van der Waals surface area contributed by atoms with Gasteiger partial charge in [0.2, 0.25) is 0 Å². The van der Waals surface area contributed by atoms with Crippen LogP contribution in [0.25, 0.3) is 0 Å². The van der Waals surface area contributed by atoms with Gasteiger partial charge in [-0.3, -0.25) is 0 Å². The normalized spacial score (nSPS) is 23.6. The third-order valence-corrected chi connectivity index (χ3v) is 1.74. The summed E-state index contributed by atoms with van der Waals surface area (Å²) in [5.41, 5.74) is 0. The Morgan fingerprint density at radius 2 is 1.75 bits per heavy atom. The third-order valence-electron chi connectivity index (χ3n) is 1.74. The summed E-state index contributed by atoms with van der Waals surface area (Å²) in [4.78, 5) is 4.69. The van der Waals surface area contributed by atoms with E-state index in [1.54, 1.807) is 0 Å². The predicted molar refractivity (Wildman–Crippen MR) is 32.1 cm³/mol. The van der Waals surface area contributed by atoms with Crippen molar-refractivity contribution in [2.45, 2.75) is 38.2 Å². The molecule has 0 aliphatic heterocycles. The van der Waals surface area contributed by atoms with Crippen LogP contribution in [0.15, 0.2) is 0 Å². The fraction of sp³-hybridized carbons (Fsp3) is 1.00. The van der Waals surface area contributed by atoms with Gasteiger partial charge in [0, 0.05) is 0 Å². The van der Waals surface area contributed by atoms with Crippen molar-refractivity contribution in [2.24, 2.45) is 5.90 Å². The van der Waals surface area contributed by atoms with E-state index in [9.17, 15) is 0 Å². The smallest absolute Gasteiger partial charge is 0.0787 e. The summed E-state index contributed by atoms with van der Waals surface area (Å²) in [5, 5.41) is 0. The quantitative estimate of drug-likeness (QED) is 0.521. The molecule has 1 rings (SSSR count). The molecule has 0 amide bonds. The molecule has 0 aromatic heterocycles. The monoisotopic (exact) mass is 115 g/mol. The first-order valence-electron chi connectivity index (χ1n) is 3.29. The molecule has 8 heavy (non-hydrogen) atoms. The molecule has 0 aromatic rings. The molecule has 0 heterocycles. The molecule has 0 radical (unpaired) electrons. The minimum absolute atomic E-state index is 0.365. The van der Waals surface area contributed by atoms with Gasteiger partial charge in [0.1, 0.15) is 0 Å². The maximum Gasteiger partial charge on any atom is 0.0787 e. The second kappa shape index (κ2) is 3.05. The van der Waals surface area contributed by atoms with E-state index >= 15 is 0 Å².